The Morgan fingerprint density at radius 3 is 2.54 bits per heavy atom. The number of carbonyl (C=O) groups excluding carboxylic acids is 1. The summed E-state index contributed by atoms with van der Waals surface area (Å²) in [7, 11) is -5.57. The highest BCUT2D eigenvalue weighted by Gasteiger charge is 2.28. The molecule has 0 bridgehead atoms. The molecule has 1 fully saturated rings. The summed E-state index contributed by atoms with van der Waals surface area (Å²) in [5.74, 6) is 0.258. The molecule has 0 radical (unpaired) electrons. The first-order chi connectivity index (χ1) is 13.3. The van der Waals surface area contributed by atoms with E-state index in [-0.39, 0.29) is 41.4 Å². The van der Waals surface area contributed by atoms with E-state index in [1.54, 1.807) is 23.1 Å². The van der Waals surface area contributed by atoms with Crippen LogP contribution in [0.1, 0.15) is 38.7 Å². The normalized spacial score (nSPS) is 20.8. The quantitative estimate of drug-likeness (QED) is 0.663. The largest absolute Gasteiger partial charge is 0.380 e. The fourth-order valence-corrected chi connectivity index (χ4v) is 7.73. The first-order valence-electron chi connectivity index (χ1n) is 9.60. The number of amides is 1. The van der Waals surface area contributed by atoms with Gasteiger partial charge in [0.25, 0.3) is 10.0 Å². The van der Waals surface area contributed by atoms with Gasteiger partial charge in [0, 0.05) is 31.9 Å². The van der Waals surface area contributed by atoms with Crippen LogP contribution in [0, 0.1) is 5.92 Å². The Labute approximate surface area is 168 Å². The summed E-state index contributed by atoms with van der Waals surface area (Å²) < 4.78 is 47.9. The maximum Gasteiger partial charge on any atom is 0.290 e. The van der Waals surface area contributed by atoms with Crippen LogP contribution in [-0.4, -0.2) is 55.1 Å². The molecule has 1 amide bonds. The third kappa shape index (κ3) is 5.55. The summed E-state index contributed by atoms with van der Waals surface area (Å²) in [6.07, 6.45) is 2.00. The second kappa shape index (κ2) is 9.84. The van der Waals surface area contributed by atoms with Crippen molar-refractivity contribution in [3.8, 4) is 0 Å². The number of carbonyl (C=O) groups is 1. The molecule has 0 aliphatic carbocycles. The van der Waals surface area contributed by atoms with Gasteiger partial charge in [-0.2, -0.15) is 8.42 Å². The highest BCUT2D eigenvalue weighted by molar-refractivity contribution is 8.03. The highest BCUT2D eigenvalue weighted by Crippen LogP contribution is 2.22. The molecule has 0 aromatic heterocycles. The maximum atomic E-state index is 13.2. The van der Waals surface area contributed by atoms with Gasteiger partial charge in [-0.1, -0.05) is 32.0 Å². The molecule has 28 heavy (non-hydrogen) atoms. The molecule has 0 N–H and O–H groups in total. The molecule has 2 rings (SSSR count). The van der Waals surface area contributed by atoms with Crippen molar-refractivity contribution in [2.24, 2.45) is 9.69 Å². The van der Waals surface area contributed by atoms with E-state index in [1.165, 1.54) is 13.2 Å². The summed E-state index contributed by atoms with van der Waals surface area (Å²) in [4.78, 5) is 14.4. The van der Waals surface area contributed by atoms with Gasteiger partial charge in [-0.25, -0.2) is 4.21 Å². The van der Waals surface area contributed by atoms with E-state index < -0.39 is 19.8 Å². The molecule has 1 atom stereocenters. The first-order valence-corrected chi connectivity index (χ1v) is 12.9. The Bertz CT molecular complexity index is 901. The van der Waals surface area contributed by atoms with E-state index in [4.69, 9.17) is 4.74 Å². The summed E-state index contributed by atoms with van der Waals surface area (Å²) in [5.41, 5.74) is 0.482. The van der Waals surface area contributed by atoms with Crippen LogP contribution in [0.3, 0.4) is 0 Å². The first kappa shape index (κ1) is 22.8. The van der Waals surface area contributed by atoms with Crippen molar-refractivity contribution in [3.05, 3.63) is 29.8 Å². The van der Waals surface area contributed by atoms with Crippen molar-refractivity contribution in [1.82, 2.24) is 4.90 Å². The van der Waals surface area contributed by atoms with E-state index in [9.17, 15) is 17.4 Å². The molecule has 0 saturated carbocycles. The lowest BCUT2D eigenvalue weighted by molar-refractivity contribution is -0.135. The molecule has 1 aromatic carbocycles. The van der Waals surface area contributed by atoms with Gasteiger partial charge in [-0.3, -0.25) is 4.79 Å². The van der Waals surface area contributed by atoms with Gasteiger partial charge >= 0.3 is 0 Å². The lowest BCUT2D eigenvalue weighted by atomic mass is 10.0. The molecule has 158 valence electrons. The highest BCUT2D eigenvalue weighted by atomic mass is 32.3. The van der Waals surface area contributed by atoms with Crippen LogP contribution in [0.15, 0.2) is 32.9 Å². The minimum Gasteiger partial charge on any atom is -0.380 e. The number of methoxy groups -OCH3 is 1. The van der Waals surface area contributed by atoms with Crippen molar-refractivity contribution >= 4 is 25.7 Å². The summed E-state index contributed by atoms with van der Waals surface area (Å²) >= 11 is 0. The number of nitrogens with zero attached hydrogens (tertiary/aromatic N) is 2. The number of hydrogen-bond acceptors (Lipinski definition) is 5. The average molecular weight is 431 g/mol. The fourth-order valence-electron chi connectivity index (χ4n) is 3.39. The molecule has 7 nitrogen and oxygen atoms in total. The third-order valence-electron chi connectivity index (χ3n) is 5.00. The van der Waals surface area contributed by atoms with Gasteiger partial charge in [-0.15, -0.1) is 3.77 Å². The lowest BCUT2D eigenvalue weighted by Crippen LogP contribution is -2.37. The zero-order valence-electron chi connectivity index (χ0n) is 16.8. The van der Waals surface area contributed by atoms with Gasteiger partial charge in [0.15, 0.2) is 0 Å². The van der Waals surface area contributed by atoms with Crippen LogP contribution in [0.25, 0.3) is 0 Å². The third-order valence-corrected chi connectivity index (χ3v) is 9.58. The maximum absolute atomic E-state index is 13.2. The Kier molecular flexibility index (Phi) is 8.03. The minimum absolute atomic E-state index is 0.0220. The number of ether oxygens (including phenoxy) is 1. The fraction of sp³-hybridized carbons (Fsp3) is 0.632. The van der Waals surface area contributed by atoms with Crippen LogP contribution in [0.2, 0.25) is 0 Å². The SMILES string of the molecule is CCC(CC)C(=O)N1CCCS(=O)(=NS(=O)(=O)c2ccccc2COC)CC1. The van der Waals surface area contributed by atoms with E-state index in [0.29, 0.717) is 18.5 Å². The second-order valence-electron chi connectivity index (χ2n) is 6.96. The van der Waals surface area contributed by atoms with Crippen LogP contribution >= 0.6 is 0 Å². The van der Waals surface area contributed by atoms with Crippen LogP contribution in [0.5, 0.6) is 0 Å². The van der Waals surface area contributed by atoms with E-state index >= 15 is 0 Å². The zero-order chi connectivity index (χ0) is 20.8. The van der Waals surface area contributed by atoms with Crippen molar-refractivity contribution in [2.75, 3.05) is 31.7 Å². The van der Waals surface area contributed by atoms with E-state index in [2.05, 4.69) is 3.77 Å². The monoisotopic (exact) mass is 430 g/mol. The minimum atomic E-state index is -4.08. The van der Waals surface area contributed by atoms with Gasteiger partial charge in [0.1, 0.15) is 0 Å². The summed E-state index contributed by atoms with van der Waals surface area (Å²) in [5, 5.41) is 0. The number of benzene rings is 1. The number of sulfonamides is 1. The lowest BCUT2D eigenvalue weighted by Gasteiger charge is -2.24. The smallest absolute Gasteiger partial charge is 0.290 e. The molecule has 1 aliphatic rings. The van der Waals surface area contributed by atoms with Crippen molar-refractivity contribution in [1.29, 1.82) is 0 Å². The van der Waals surface area contributed by atoms with Crippen molar-refractivity contribution < 1.29 is 22.2 Å². The Hall–Kier alpha value is -1.45. The molecule has 1 aliphatic heterocycles. The molecule has 0 spiro atoms. The van der Waals surface area contributed by atoms with Crippen LogP contribution in [0.4, 0.5) is 0 Å². The Morgan fingerprint density at radius 1 is 1.21 bits per heavy atom. The summed E-state index contributed by atoms with van der Waals surface area (Å²) in [6, 6.07) is 6.44. The van der Waals surface area contributed by atoms with Gasteiger partial charge < -0.3 is 9.64 Å². The van der Waals surface area contributed by atoms with Gasteiger partial charge in [-0.05, 0) is 30.9 Å². The molecule has 1 unspecified atom stereocenters. The standard InChI is InChI=1S/C19H30N2O5S2/c1-4-16(5-2)19(22)21-11-8-13-27(23,14-12-21)20-28(24,25)18-10-7-6-9-17(18)15-26-3/h6-7,9-10,16H,4-5,8,11-15H2,1-3H3. The Morgan fingerprint density at radius 2 is 1.89 bits per heavy atom. The van der Waals surface area contributed by atoms with E-state index in [1.807, 2.05) is 13.8 Å². The average Bonchev–Trinajstić information content (AvgIpc) is 2.84. The Balaban J connectivity index is 2.28. The predicted molar refractivity (Wildman–Crippen MR) is 110 cm³/mol. The molecule has 1 heterocycles. The topological polar surface area (TPSA) is 93.1 Å². The predicted octanol–water partition coefficient (Wildman–Crippen LogP) is 2.66. The van der Waals surface area contributed by atoms with Crippen molar-refractivity contribution in [3.63, 3.8) is 0 Å². The summed E-state index contributed by atoms with van der Waals surface area (Å²) in [6.45, 7) is 4.84. The van der Waals surface area contributed by atoms with Crippen LogP contribution < -0.4 is 0 Å². The number of hydrogen-bond donors (Lipinski definition) is 0. The molecule has 1 saturated heterocycles. The van der Waals surface area contributed by atoms with Crippen molar-refractivity contribution in [2.45, 2.75) is 44.6 Å². The van der Waals surface area contributed by atoms with Gasteiger partial charge in [0.2, 0.25) is 5.91 Å². The molecule has 1 aromatic rings. The molecule has 9 heteroatoms. The molecular formula is C19H30N2O5S2. The van der Waals surface area contributed by atoms with Gasteiger partial charge in [0.05, 0.1) is 27.0 Å². The van der Waals surface area contributed by atoms with Crippen LogP contribution in [-0.2, 0) is 35.9 Å². The van der Waals surface area contributed by atoms with E-state index in [0.717, 1.165) is 12.8 Å². The second-order valence-corrected chi connectivity index (χ2v) is 11.3. The zero-order valence-corrected chi connectivity index (χ0v) is 18.4. The molecular weight excluding hydrogens is 400 g/mol. The number of rotatable bonds is 7.